The van der Waals surface area contributed by atoms with Gasteiger partial charge in [-0.05, 0) is 12.5 Å². The molecule has 1 amide bonds. The Morgan fingerprint density at radius 3 is 2.60 bits per heavy atom. The first-order chi connectivity index (χ1) is 9.59. The van der Waals surface area contributed by atoms with Crippen LogP contribution in [-0.4, -0.2) is 28.5 Å². The van der Waals surface area contributed by atoms with Gasteiger partial charge in [-0.1, -0.05) is 30.3 Å². The van der Waals surface area contributed by atoms with Gasteiger partial charge in [-0.15, -0.1) is 0 Å². The zero-order valence-electron chi connectivity index (χ0n) is 10.9. The van der Waals surface area contributed by atoms with Gasteiger partial charge >= 0.3 is 5.97 Å². The van der Waals surface area contributed by atoms with Crippen molar-refractivity contribution in [1.82, 2.24) is 10.3 Å². The third-order valence-corrected chi connectivity index (χ3v) is 2.92. The Kier molecular flexibility index (Phi) is 4.14. The molecular weight excluding hydrogens is 260 g/mol. The zero-order chi connectivity index (χ0) is 14.5. The molecule has 104 valence electrons. The Bertz CT molecular complexity index is 607. The number of aromatic nitrogens is 1. The largest absolute Gasteiger partial charge is 0.481 e. The summed E-state index contributed by atoms with van der Waals surface area (Å²) in [5.41, 5.74) is 1.10. The van der Waals surface area contributed by atoms with Crippen LogP contribution in [0.4, 0.5) is 0 Å². The van der Waals surface area contributed by atoms with E-state index in [1.54, 1.807) is 37.3 Å². The summed E-state index contributed by atoms with van der Waals surface area (Å²) in [6.07, 6.45) is 1.18. The van der Waals surface area contributed by atoms with E-state index in [0.29, 0.717) is 11.3 Å². The van der Waals surface area contributed by atoms with Crippen LogP contribution in [0.15, 0.2) is 41.1 Å². The Hall–Kier alpha value is -2.63. The highest BCUT2D eigenvalue weighted by molar-refractivity contribution is 5.92. The van der Waals surface area contributed by atoms with Crippen molar-refractivity contribution in [2.45, 2.75) is 12.8 Å². The number of aryl methyl sites for hydroxylation is 1. The van der Waals surface area contributed by atoms with E-state index in [4.69, 9.17) is 4.42 Å². The molecule has 1 aromatic carbocycles. The fourth-order valence-electron chi connectivity index (χ4n) is 1.83. The van der Waals surface area contributed by atoms with E-state index in [9.17, 15) is 14.7 Å². The minimum absolute atomic E-state index is 0.0156. The molecule has 0 aliphatic rings. The zero-order valence-corrected chi connectivity index (χ0v) is 10.9. The Balaban J connectivity index is 2.06. The van der Waals surface area contributed by atoms with Crippen molar-refractivity contribution in [2.75, 3.05) is 6.54 Å². The molecule has 0 saturated carbocycles. The van der Waals surface area contributed by atoms with Crippen LogP contribution in [0, 0.1) is 6.92 Å². The lowest BCUT2D eigenvalue weighted by molar-refractivity contribution is -0.138. The van der Waals surface area contributed by atoms with Gasteiger partial charge in [0.05, 0.1) is 11.6 Å². The molecule has 0 bridgehead atoms. The SMILES string of the molecule is Cc1ncoc1C(=O)NCC(C(=O)O)c1ccccc1. The van der Waals surface area contributed by atoms with Crippen LogP contribution < -0.4 is 5.32 Å². The molecule has 0 radical (unpaired) electrons. The van der Waals surface area contributed by atoms with Gasteiger partial charge in [-0.2, -0.15) is 0 Å². The predicted octanol–water partition coefficient (Wildman–Crippen LogP) is 1.58. The van der Waals surface area contributed by atoms with E-state index in [1.807, 2.05) is 0 Å². The molecule has 1 unspecified atom stereocenters. The molecule has 1 heterocycles. The maximum absolute atomic E-state index is 11.8. The highest BCUT2D eigenvalue weighted by atomic mass is 16.4. The number of aliphatic carboxylic acids is 1. The maximum atomic E-state index is 11.8. The average Bonchev–Trinajstić information content (AvgIpc) is 2.86. The summed E-state index contributed by atoms with van der Waals surface area (Å²) in [6.45, 7) is 1.63. The molecule has 0 aliphatic carbocycles. The average molecular weight is 274 g/mol. The molecule has 0 saturated heterocycles. The van der Waals surface area contributed by atoms with Crippen LogP contribution in [0.1, 0.15) is 27.7 Å². The van der Waals surface area contributed by atoms with Crippen LogP contribution in [0.25, 0.3) is 0 Å². The van der Waals surface area contributed by atoms with Gasteiger partial charge in [0.25, 0.3) is 5.91 Å². The van der Waals surface area contributed by atoms with Crippen molar-refractivity contribution in [3.8, 4) is 0 Å². The molecule has 1 aromatic heterocycles. The molecule has 6 nitrogen and oxygen atoms in total. The molecule has 1 atom stereocenters. The van der Waals surface area contributed by atoms with Crippen LogP contribution in [-0.2, 0) is 4.79 Å². The number of carbonyl (C=O) groups is 2. The number of carbonyl (C=O) groups excluding carboxylic acids is 1. The van der Waals surface area contributed by atoms with Gasteiger partial charge in [0.1, 0.15) is 0 Å². The minimum atomic E-state index is -0.995. The quantitative estimate of drug-likeness (QED) is 0.863. The molecule has 2 N–H and O–H groups in total. The number of oxazole rings is 1. The molecule has 6 heteroatoms. The van der Waals surface area contributed by atoms with Gasteiger partial charge in [0.2, 0.25) is 5.76 Å². The van der Waals surface area contributed by atoms with Crippen LogP contribution in [0.5, 0.6) is 0 Å². The number of nitrogens with one attached hydrogen (secondary N) is 1. The first kappa shape index (κ1) is 13.8. The maximum Gasteiger partial charge on any atom is 0.312 e. The van der Waals surface area contributed by atoms with Crippen LogP contribution >= 0.6 is 0 Å². The number of hydrogen-bond donors (Lipinski definition) is 2. The third-order valence-electron chi connectivity index (χ3n) is 2.92. The summed E-state index contributed by atoms with van der Waals surface area (Å²) >= 11 is 0. The summed E-state index contributed by atoms with van der Waals surface area (Å²) < 4.78 is 4.95. The Morgan fingerprint density at radius 2 is 2.05 bits per heavy atom. The lowest BCUT2D eigenvalue weighted by Gasteiger charge is -2.13. The van der Waals surface area contributed by atoms with Gasteiger partial charge in [0, 0.05) is 6.54 Å². The van der Waals surface area contributed by atoms with E-state index in [2.05, 4.69) is 10.3 Å². The van der Waals surface area contributed by atoms with E-state index >= 15 is 0 Å². The van der Waals surface area contributed by atoms with Crippen molar-refractivity contribution in [3.63, 3.8) is 0 Å². The van der Waals surface area contributed by atoms with Gasteiger partial charge in [-0.3, -0.25) is 9.59 Å². The molecule has 0 spiro atoms. The van der Waals surface area contributed by atoms with E-state index < -0.39 is 17.8 Å². The summed E-state index contributed by atoms with van der Waals surface area (Å²) in [5.74, 6) is -2.17. The number of hydrogen-bond acceptors (Lipinski definition) is 4. The fraction of sp³-hybridized carbons (Fsp3) is 0.214. The highest BCUT2D eigenvalue weighted by Crippen LogP contribution is 2.15. The number of nitrogens with zero attached hydrogens (tertiary/aromatic N) is 1. The first-order valence-electron chi connectivity index (χ1n) is 6.05. The van der Waals surface area contributed by atoms with E-state index in [0.717, 1.165) is 0 Å². The number of amides is 1. The molecule has 20 heavy (non-hydrogen) atoms. The molecular formula is C14H14N2O4. The van der Waals surface area contributed by atoms with Crippen molar-refractivity contribution < 1.29 is 19.1 Å². The molecule has 0 fully saturated rings. The predicted molar refractivity (Wildman–Crippen MR) is 70.4 cm³/mol. The molecule has 2 rings (SSSR count). The first-order valence-corrected chi connectivity index (χ1v) is 6.05. The topological polar surface area (TPSA) is 92.4 Å². The second kappa shape index (κ2) is 6.01. The fourth-order valence-corrected chi connectivity index (χ4v) is 1.83. The van der Waals surface area contributed by atoms with Gasteiger partial charge in [0.15, 0.2) is 6.39 Å². The summed E-state index contributed by atoms with van der Waals surface area (Å²) in [5, 5.41) is 11.8. The third kappa shape index (κ3) is 3.03. The normalized spacial score (nSPS) is 11.8. The van der Waals surface area contributed by atoms with Gasteiger partial charge < -0.3 is 14.8 Å². The van der Waals surface area contributed by atoms with E-state index in [-0.39, 0.29) is 12.3 Å². The van der Waals surface area contributed by atoms with Gasteiger partial charge in [-0.25, -0.2) is 4.98 Å². The number of benzene rings is 1. The van der Waals surface area contributed by atoms with Crippen LogP contribution in [0.2, 0.25) is 0 Å². The van der Waals surface area contributed by atoms with Crippen molar-refractivity contribution in [1.29, 1.82) is 0 Å². The Morgan fingerprint density at radius 1 is 1.35 bits per heavy atom. The van der Waals surface area contributed by atoms with Crippen LogP contribution in [0.3, 0.4) is 0 Å². The lowest BCUT2D eigenvalue weighted by atomic mass is 9.99. The molecule has 0 aliphatic heterocycles. The number of carboxylic acids is 1. The minimum Gasteiger partial charge on any atom is -0.481 e. The second-order valence-electron chi connectivity index (χ2n) is 4.28. The summed E-state index contributed by atoms with van der Waals surface area (Å²) in [4.78, 5) is 26.9. The number of rotatable bonds is 5. The number of carboxylic acid groups (broad SMARTS) is 1. The second-order valence-corrected chi connectivity index (χ2v) is 4.28. The van der Waals surface area contributed by atoms with Crippen molar-refractivity contribution >= 4 is 11.9 Å². The highest BCUT2D eigenvalue weighted by Gasteiger charge is 2.22. The smallest absolute Gasteiger partial charge is 0.312 e. The molecule has 2 aromatic rings. The van der Waals surface area contributed by atoms with E-state index in [1.165, 1.54) is 6.39 Å². The lowest BCUT2D eigenvalue weighted by Crippen LogP contribution is -2.31. The monoisotopic (exact) mass is 274 g/mol. The summed E-state index contributed by atoms with van der Waals surface area (Å²) in [7, 11) is 0. The van der Waals surface area contributed by atoms with Crippen molar-refractivity contribution in [2.24, 2.45) is 0 Å². The van der Waals surface area contributed by atoms with Crippen molar-refractivity contribution in [3.05, 3.63) is 53.7 Å². The summed E-state index contributed by atoms with van der Waals surface area (Å²) in [6, 6.07) is 8.75. The standard InChI is InChI=1S/C14H14N2O4/c1-9-12(20-8-16-9)13(17)15-7-11(14(18)19)10-5-3-2-4-6-10/h2-6,8,11H,7H2,1H3,(H,15,17)(H,18,19). The Labute approximate surface area is 115 Å².